The van der Waals surface area contributed by atoms with Gasteiger partial charge in [-0.15, -0.1) is 11.8 Å². The van der Waals surface area contributed by atoms with Crippen LogP contribution in [-0.4, -0.2) is 10.9 Å². The van der Waals surface area contributed by atoms with Gasteiger partial charge < -0.3 is 5.11 Å². The van der Waals surface area contributed by atoms with Crippen molar-refractivity contribution in [2.45, 2.75) is 24.3 Å². The Kier molecular flexibility index (Phi) is 5.46. The van der Waals surface area contributed by atoms with Gasteiger partial charge in [-0.05, 0) is 35.6 Å². The Morgan fingerprint density at radius 2 is 1.90 bits per heavy atom. The first-order valence-corrected chi connectivity index (χ1v) is 7.82. The number of aliphatic hydroxyl groups is 1. The Balaban J connectivity index is 2.13. The zero-order valence-electron chi connectivity index (χ0n) is 11.1. The lowest BCUT2D eigenvalue weighted by molar-refractivity contribution is 0.177. The predicted molar refractivity (Wildman–Crippen MR) is 82.9 cm³/mol. The maximum atomic E-state index is 13.7. The first-order valence-electron chi connectivity index (χ1n) is 6.45. The highest BCUT2D eigenvalue weighted by atomic mass is 35.5. The number of rotatable bonds is 5. The molecule has 0 amide bonds. The molecule has 0 heterocycles. The van der Waals surface area contributed by atoms with Crippen LogP contribution in [0, 0.1) is 5.82 Å². The van der Waals surface area contributed by atoms with Crippen LogP contribution in [0.3, 0.4) is 0 Å². The Morgan fingerprint density at radius 1 is 1.20 bits per heavy atom. The molecule has 0 saturated heterocycles. The van der Waals surface area contributed by atoms with E-state index >= 15 is 0 Å². The number of aliphatic hydroxyl groups excluding tert-OH is 1. The van der Waals surface area contributed by atoms with Crippen LogP contribution in [0.4, 0.5) is 4.39 Å². The molecule has 1 nitrogen and oxygen atoms in total. The minimum atomic E-state index is -0.759. The summed E-state index contributed by atoms with van der Waals surface area (Å²) >= 11 is 7.71. The van der Waals surface area contributed by atoms with Crippen molar-refractivity contribution in [3.05, 3.63) is 64.4 Å². The summed E-state index contributed by atoms with van der Waals surface area (Å²) in [6, 6.07) is 12.2. The molecule has 1 N–H and O–H groups in total. The largest absolute Gasteiger partial charge is 0.388 e. The molecular weight excluding hydrogens is 295 g/mol. The number of hydrogen-bond donors (Lipinski definition) is 1. The highest BCUT2D eigenvalue weighted by Crippen LogP contribution is 2.27. The minimum Gasteiger partial charge on any atom is -0.388 e. The fraction of sp³-hybridized carbons (Fsp3) is 0.250. The molecule has 0 bridgehead atoms. The topological polar surface area (TPSA) is 20.2 Å². The SMILES string of the molecule is CCSc1ccc(C(O)Cc2c(F)cccc2Cl)cc1. The lowest BCUT2D eigenvalue weighted by Gasteiger charge is -2.13. The van der Waals surface area contributed by atoms with Crippen LogP contribution >= 0.6 is 23.4 Å². The summed E-state index contributed by atoms with van der Waals surface area (Å²) in [4.78, 5) is 1.16. The molecule has 2 rings (SSSR count). The van der Waals surface area contributed by atoms with Crippen molar-refractivity contribution in [2.75, 3.05) is 5.75 Å². The molecule has 106 valence electrons. The van der Waals surface area contributed by atoms with Gasteiger partial charge in [-0.2, -0.15) is 0 Å². The van der Waals surface area contributed by atoms with Crippen LogP contribution < -0.4 is 0 Å². The maximum absolute atomic E-state index is 13.7. The lowest BCUT2D eigenvalue weighted by Crippen LogP contribution is -2.04. The predicted octanol–water partition coefficient (Wildman–Crippen LogP) is 4.87. The van der Waals surface area contributed by atoms with E-state index in [1.165, 1.54) is 6.07 Å². The average Bonchev–Trinajstić information content (AvgIpc) is 2.44. The van der Waals surface area contributed by atoms with E-state index < -0.39 is 6.10 Å². The molecule has 1 atom stereocenters. The normalized spacial score (nSPS) is 12.4. The minimum absolute atomic E-state index is 0.172. The Bertz CT molecular complexity index is 551. The quantitative estimate of drug-likeness (QED) is 0.795. The van der Waals surface area contributed by atoms with Crippen LogP contribution in [0.1, 0.15) is 24.2 Å². The second-order valence-corrected chi connectivity index (χ2v) is 6.17. The number of benzene rings is 2. The highest BCUT2D eigenvalue weighted by molar-refractivity contribution is 7.99. The second-order valence-electron chi connectivity index (χ2n) is 4.42. The Morgan fingerprint density at radius 3 is 2.50 bits per heavy atom. The van der Waals surface area contributed by atoms with E-state index in [1.54, 1.807) is 23.9 Å². The summed E-state index contributed by atoms with van der Waals surface area (Å²) in [6.45, 7) is 2.09. The summed E-state index contributed by atoms with van der Waals surface area (Å²) in [5, 5.41) is 10.6. The third kappa shape index (κ3) is 3.75. The molecule has 0 fully saturated rings. The summed E-state index contributed by atoms with van der Waals surface area (Å²) in [7, 11) is 0. The number of hydrogen-bond acceptors (Lipinski definition) is 2. The van der Waals surface area contributed by atoms with Crippen molar-refractivity contribution >= 4 is 23.4 Å². The Labute approximate surface area is 127 Å². The molecule has 0 aliphatic heterocycles. The standard InChI is InChI=1S/C16H16ClFOS/c1-2-20-12-8-6-11(7-9-12)16(19)10-13-14(17)4-3-5-15(13)18/h3-9,16,19H,2,10H2,1H3. The molecule has 0 radical (unpaired) electrons. The Hall–Kier alpha value is -1.03. The number of halogens is 2. The van der Waals surface area contributed by atoms with Crippen molar-refractivity contribution in [1.29, 1.82) is 0 Å². The van der Waals surface area contributed by atoms with Crippen LogP contribution in [0.15, 0.2) is 47.4 Å². The molecular formula is C16H16ClFOS. The van der Waals surface area contributed by atoms with Gasteiger partial charge in [-0.3, -0.25) is 0 Å². The summed E-state index contributed by atoms with van der Waals surface area (Å²) < 4.78 is 13.7. The lowest BCUT2D eigenvalue weighted by atomic mass is 10.0. The van der Waals surface area contributed by atoms with E-state index in [1.807, 2.05) is 24.3 Å². The van der Waals surface area contributed by atoms with Crippen LogP contribution in [0.2, 0.25) is 5.02 Å². The third-order valence-corrected chi connectivity index (χ3v) is 4.28. The molecule has 0 aliphatic carbocycles. The van der Waals surface area contributed by atoms with Crippen molar-refractivity contribution < 1.29 is 9.50 Å². The summed E-state index contributed by atoms with van der Waals surface area (Å²) in [5.41, 5.74) is 1.12. The molecule has 0 spiro atoms. The zero-order chi connectivity index (χ0) is 14.5. The third-order valence-electron chi connectivity index (χ3n) is 3.04. The van der Waals surface area contributed by atoms with E-state index in [-0.39, 0.29) is 12.2 Å². The average molecular weight is 311 g/mol. The van der Waals surface area contributed by atoms with Gasteiger partial charge in [0.25, 0.3) is 0 Å². The van der Waals surface area contributed by atoms with Crippen LogP contribution in [-0.2, 0) is 6.42 Å². The van der Waals surface area contributed by atoms with Crippen molar-refractivity contribution in [1.82, 2.24) is 0 Å². The van der Waals surface area contributed by atoms with Gasteiger partial charge in [-0.1, -0.05) is 36.7 Å². The molecule has 4 heteroatoms. The zero-order valence-corrected chi connectivity index (χ0v) is 12.7. The molecule has 1 unspecified atom stereocenters. The summed E-state index contributed by atoms with van der Waals surface area (Å²) in [5.74, 6) is 0.627. The van der Waals surface area contributed by atoms with Gasteiger partial charge in [0.2, 0.25) is 0 Å². The molecule has 0 saturated carbocycles. The summed E-state index contributed by atoms with van der Waals surface area (Å²) in [6.07, 6.45) is -0.587. The van der Waals surface area contributed by atoms with Crippen molar-refractivity contribution in [3.63, 3.8) is 0 Å². The van der Waals surface area contributed by atoms with Crippen LogP contribution in [0.25, 0.3) is 0 Å². The van der Waals surface area contributed by atoms with Gasteiger partial charge in [0, 0.05) is 21.9 Å². The van der Waals surface area contributed by atoms with Crippen molar-refractivity contribution in [3.8, 4) is 0 Å². The second kappa shape index (κ2) is 7.11. The van der Waals surface area contributed by atoms with Crippen molar-refractivity contribution in [2.24, 2.45) is 0 Å². The first kappa shape index (κ1) is 15.4. The fourth-order valence-electron chi connectivity index (χ4n) is 1.99. The monoisotopic (exact) mass is 310 g/mol. The fourth-order valence-corrected chi connectivity index (χ4v) is 2.89. The smallest absolute Gasteiger partial charge is 0.127 e. The van der Waals surface area contributed by atoms with Gasteiger partial charge in [0.15, 0.2) is 0 Å². The van der Waals surface area contributed by atoms with E-state index in [0.29, 0.717) is 10.6 Å². The van der Waals surface area contributed by atoms with Gasteiger partial charge in [-0.25, -0.2) is 4.39 Å². The van der Waals surface area contributed by atoms with Gasteiger partial charge in [0.1, 0.15) is 5.82 Å². The first-order chi connectivity index (χ1) is 9.61. The molecule has 0 aliphatic rings. The molecule has 0 aromatic heterocycles. The highest BCUT2D eigenvalue weighted by Gasteiger charge is 2.14. The maximum Gasteiger partial charge on any atom is 0.127 e. The van der Waals surface area contributed by atoms with Gasteiger partial charge in [0.05, 0.1) is 6.10 Å². The van der Waals surface area contributed by atoms with E-state index in [0.717, 1.165) is 16.2 Å². The van der Waals surface area contributed by atoms with Crippen LogP contribution in [0.5, 0.6) is 0 Å². The van der Waals surface area contributed by atoms with Gasteiger partial charge >= 0.3 is 0 Å². The van der Waals surface area contributed by atoms with E-state index in [4.69, 9.17) is 11.6 Å². The van der Waals surface area contributed by atoms with E-state index in [9.17, 15) is 9.50 Å². The van der Waals surface area contributed by atoms with E-state index in [2.05, 4.69) is 6.92 Å². The molecule has 2 aromatic rings. The molecule has 2 aromatic carbocycles. The number of thioether (sulfide) groups is 1. The molecule has 20 heavy (non-hydrogen) atoms.